The number of carbonyl (C=O) groups is 1. The second-order valence-corrected chi connectivity index (χ2v) is 9.71. The van der Waals surface area contributed by atoms with Crippen molar-refractivity contribution in [1.82, 2.24) is 30.0 Å². The Morgan fingerprint density at radius 1 is 0.919 bits per heavy atom. The summed E-state index contributed by atoms with van der Waals surface area (Å²) < 4.78 is 0. The lowest BCUT2D eigenvalue weighted by atomic mass is 10.3. The average molecular weight is 517 g/mol. The maximum absolute atomic E-state index is 12.4. The summed E-state index contributed by atoms with van der Waals surface area (Å²) >= 11 is 1.40. The molecule has 1 aliphatic heterocycles. The highest BCUT2D eigenvalue weighted by Crippen LogP contribution is 2.29. The number of aromatic amines is 1. The molecule has 0 bridgehead atoms. The van der Waals surface area contributed by atoms with Gasteiger partial charge in [-0.1, -0.05) is 24.3 Å². The molecule has 11 nitrogen and oxygen atoms in total. The van der Waals surface area contributed by atoms with Gasteiger partial charge in [0.1, 0.15) is 0 Å². The monoisotopic (exact) mass is 516 g/mol. The van der Waals surface area contributed by atoms with E-state index in [0.29, 0.717) is 28.6 Å². The molecule has 0 aliphatic carbocycles. The fourth-order valence-electron chi connectivity index (χ4n) is 3.75. The number of carbonyl (C=O) groups excluding carboxylic acids is 1. The summed E-state index contributed by atoms with van der Waals surface area (Å²) in [5, 5.41) is 16.6. The zero-order valence-corrected chi connectivity index (χ0v) is 21.4. The first-order valence-electron chi connectivity index (χ1n) is 11.9. The Labute approximate surface area is 219 Å². The molecular weight excluding hydrogens is 488 g/mol. The molecule has 37 heavy (non-hydrogen) atoms. The van der Waals surface area contributed by atoms with Crippen LogP contribution in [0.2, 0.25) is 0 Å². The van der Waals surface area contributed by atoms with Crippen molar-refractivity contribution in [3.05, 3.63) is 66.4 Å². The van der Waals surface area contributed by atoms with Crippen LogP contribution in [0.4, 0.5) is 33.9 Å². The van der Waals surface area contributed by atoms with Gasteiger partial charge < -0.3 is 25.8 Å². The molecule has 0 atom stereocenters. The molecule has 4 aromatic rings. The minimum absolute atomic E-state index is 0.313. The lowest BCUT2D eigenvalue weighted by molar-refractivity contribution is 0.262. The second kappa shape index (κ2) is 11.3. The normalized spacial score (nSPS) is 13.8. The number of piperazine rings is 1. The van der Waals surface area contributed by atoms with Crippen molar-refractivity contribution < 1.29 is 4.79 Å². The fourth-order valence-corrected chi connectivity index (χ4v) is 4.55. The fraction of sp³-hybridized carbons (Fsp3) is 0.240. The highest BCUT2D eigenvalue weighted by molar-refractivity contribution is 7.99. The lowest BCUT2D eigenvalue weighted by Crippen LogP contribution is -2.45. The van der Waals surface area contributed by atoms with Crippen molar-refractivity contribution in [3.63, 3.8) is 0 Å². The maximum atomic E-state index is 12.4. The van der Waals surface area contributed by atoms with Gasteiger partial charge in [0.05, 0.1) is 0 Å². The summed E-state index contributed by atoms with van der Waals surface area (Å²) in [4.78, 5) is 31.8. The molecule has 2 aromatic heterocycles. The van der Waals surface area contributed by atoms with E-state index in [4.69, 9.17) is 4.98 Å². The first-order valence-corrected chi connectivity index (χ1v) is 12.7. The van der Waals surface area contributed by atoms with Crippen LogP contribution in [0, 0.1) is 6.92 Å². The minimum atomic E-state index is -0.313. The predicted molar refractivity (Wildman–Crippen MR) is 146 cm³/mol. The molecule has 190 valence electrons. The van der Waals surface area contributed by atoms with Crippen LogP contribution in [0.5, 0.6) is 0 Å². The van der Waals surface area contributed by atoms with E-state index >= 15 is 0 Å². The van der Waals surface area contributed by atoms with Gasteiger partial charge in [0, 0.05) is 54.2 Å². The SMILES string of the molecule is Cc1cc(Nc2nc(Sc3cccc(NC(=O)Nc4ccccc4)c3)nc(N3CCN(C)CC3)n2)n[nH]1. The average Bonchev–Trinajstić information content (AvgIpc) is 3.29. The van der Waals surface area contributed by atoms with Crippen LogP contribution in [-0.2, 0) is 0 Å². The summed E-state index contributed by atoms with van der Waals surface area (Å²) in [6, 6.07) is 18.4. The highest BCUT2D eigenvalue weighted by atomic mass is 32.2. The Hall–Kier alpha value is -4.16. The number of nitrogens with zero attached hydrogens (tertiary/aromatic N) is 6. The zero-order chi connectivity index (χ0) is 25.6. The number of hydrogen-bond donors (Lipinski definition) is 4. The first kappa shape index (κ1) is 24.5. The van der Waals surface area contributed by atoms with Crippen LogP contribution < -0.4 is 20.9 Å². The number of nitrogens with one attached hydrogen (secondary N) is 4. The van der Waals surface area contributed by atoms with Crippen LogP contribution in [0.3, 0.4) is 0 Å². The van der Waals surface area contributed by atoms with Crippen molar-refractivity contribution >= 4 is 46.9 Å². The van der Waals surface area contributed by atoms with E-state index in [1.165, 1.54) is 11.8 Å². The molecule has 0 unspecified atom stereocenters. The quantitative estimate of drug-likeness (QED) is 0.286. The van der Waals surface area contributed by atoms with Crippen molar-refractivity contribution in [2.24, 2.45) is 0 Å². The molecule has 0 saturated carbocycles. The van der Waals surface area contributed by atoms with Gasteiger partial charge in [0.15, 0.2) is 11.0 Å². The third-order valence-electron chi connectivity index (χ3n) is 5.67. The molecule has 5 rings (SSSR count). The summed E-state index contributed by atoms with van der Waals surface area (Å²) in [5.74, 6) is 1.69. The van der Waals surface area contributed by atoms with Gasteiger partial charge in [0.2, 0.25) is 11.9 Å². The predicted octanol–water partition coefficient (Wildman–Crippen LogP) is 4.19. The van der Waals surface area contributed by atoms with E-state index in [1.54, 1.807) is 0 Å². The van der Waals surface area contributed by atoms with Gasteiger partial charge in [-0.2, -0.15) is 20.1 Å². The number of aromatic nitrogens is 5. The van der Waals surface area contributed by atoms with Crippen molar-refractivity contribution in [3.8, 4) is 0 Å². The molecule has 2 aromatic carbocycles. The van der Waals surface area contributed by atoms with E-state index in [1.807, 2.05) is 67.6 Å². The van der Waals surface area contributed by atoms with Gasteiger partial charge in [0.25, 0.3) is 0 Å². The van der Waals surface area contributed by atoms with Crippen LogP contribution >= 0.6 is 11.8 Å². The van der Waals surface area contributed by atoms with E-state index in [-0.39, 0.29) is 6.03 Å². The Bertz CT molecular complexity index is 1350. The topological polar surface area (TPSA) is 127 Å². The van der Waals surface area contributed by atoms with Crippen molar-refractivity contribution in [1.29, 1.82) is 0 Å². The summed E-state index contributed by atoms with van der Waals surface area (Å²) in [6.07, 6.45) is 0. The van der Waals surface area contributed by atoms with Crippen molar-refractivity contribution in [2.45, 2.75) is 17.0 Å². The molecule has 4 N–H and O–H groups in total. The van der Waals surface area contributed by atoms with Crippen LogP contribution in [0.1, 0.15) is 5.69 Å². The number of anilines is 5. The second-order valence-electron chi connectivity index (χ2n) is 8.67. The third-order valence-corrected chi connectivity index (χ3v) is 6.52. The number of amides is 2. The number of para-hydroxylation sites is 1. The molecule has 1 fully saturated rings. The van der Waals surface area contributed by atoms with Gasteiger partial charge in [-0.05, 0) is 56.1 Å². The number of urea groups is 1. The Kier molecular flexibility index (Phi) is 7.47. The Balaban J connectivity index is 1.34. The number of likely N-dealkylation sites (N-methyl/N-ethyl adjacent to an activating group) is 1. The molecular formula is C25H28N10OS. The van der Waals surface area contributed by atoms with Gasteiger partial charge in [-0.3, -0.25) is 5.10 Å². The highest BCUT2D eigenvalue weighted by Gasteiger charge is 2.19. The first-order chi connectivity index (χ1) is 18.0. The number of benzene rings is 2. The third kappa shape index (κ3) is 6.74. The Morgan fingerprint density at radius 2 is 1.68 bits per heavy atom. The van der Waals surface area contributed by atoms with Gasteiger partial charge in [-0.15, -0.1) is 0 Å². The van der Waals surface area contributed by atoms with E-state index in [2.05, 4.69) is 53.0 Å². The number of aryl methyl sites for hydroxylation is 1. The summed E-state index contributed by atoms with van der Waals surface area (Å²) in [7, 11) is 2.11. The molecule has 0 radical (unpaired) electrons. The number of hydrogen-bond acceptors (Lipinski definition) is 9. The molecule has 3 heterocycles. The standard InChI is InChI=1S/C25H28N10OS/c1-17-15-21(33-32-17)28-22-29-23(35-13-11-34(2)12-14-35)31-25(30-22)37-20-10-6-9-19(16-20)27-24(36)26-18-7-4-3-5-8-18/h3-10,15-16H,11-14H2,1-2H3,(H2,26,27,36)(H2,28,29,30,31,32,33). The van der Waals surface area contributed by atoms with Crippen molar-refractivity contribution in [2.75, 3.05) is 54.1 Å². The minimum Gasteiger partial charge on any atom is -0.338 e. The molecule has 1 aliphatic rings. The summed E-state index contributed by atoms with van der Waals surface area (Å²) in [6.45, 7) is 5.48. The molecule has 1 saturated heterocycles. The number of rotatable bonds is 7. The lowest BCUT2D eigenvalue weighted by Gasteiger charge is -2.32. The molecule has 12 heteroatoms. The maximum Gasteiger partial charge on any atom is 0.323 e. The van der Waals surface area contributed by atoms with E-state index in [0.717, 1.165) is 42.5 Å². The largest absolute Gasteiger partial charge is 0.338 e. The summed E-state index contributed by atoms with van der Waals surface area (Å²) in [5.41, 5.74) is 2.32. The van der Waals surface area contributed by atoms with Crippen LogP contribution in [-0.4, -0.2) is 69.3 Å². The van der Waals surface area contributed by atoms with Gasteiger partial charge >= 0.3 is 6.03 Å². The van der Waals surface area contributed by atoms with E-state index in [9.17, 15) is 4.79 Å². The zero-order valence-electron chi connectivity index (χ0n) is 20.6. The number of H-pyrrole nitrogens is 1. The smallest absolute Gasteiger partial charge is 0.323 e. The van der Waals surface area contributed by atoms with E-state index < -0.39 is 0 Å². The molecule has 2 amide bonds. The molecule has 0 spiro atoms. The van der Waals surface area contributed by atoms with Gasteiger partial charge in [-0.25, -0.2) is 4.79 Å². The van der Waals surface area contributed by atoms with Crippen LogP contribution in [0.15, 0.2) is 70.7 Å². The van der Waals surface area contributed by atoms with Crippen LogP contribution in [0.25, 0.3) is 0 Å². The Morgan fingerprint density at radius 3 is 2.43 bits per heavy atom.